The Kier molecular flexibility index (Phi) is 2.69. The fraction of sp³-hybridized carbons (Fsp3) is 0.333. The van der Waals surface area contributed by atoms with Gasteiger partial charge >= 0.3 is 5.97 Å². The number of aromatic carboxylic acids is 1. The van der Waals surface area contributed by atoms with E-state index in [2.05, 4.69) is 14.5 Å². The van der Waals surface area contributed by atoms with Gasteiger partial charge in [-0.2, -0.15) is 9.47 Å². The van der Waals surface area contributed by atoms with Crippen LogP contribution in [0, 0.1) is 0 Å². The van der Waals surface area contributed by atoms with E-state index in [1.165, 1.54) is 22.3 Å². The lowest BCUT2D eigenvalue weighted by molar-refractivity contribution is 0.0690. The van der Waals surface area contributed by atoms with Gasteiger partial charge in [0.05, 0.1) is 0 Å². The fourth-order valence-electron chi connectivity index (χ4n) is 1.10. The fourth-order valence-corrected chi connectivity index (χ4v) is 1.85. The monoisotopic (exact) mass is 238 g/mol. The van der Waals surface area contributed by atoms with E-state index in [4.69, 9.17) is 5.11 Å². The van der Waals surface area contributed by atoms with Gasteiger partial charge in [-0.25, -0.2) is 14.5 Å². The number of nitrogens with zero attached hydrogens (tertiary/aromatic N) is 4. The number of aromatic nitrogens is 4. The molecule has 0 bridgehead atoms. The summed E-state index contributed by atoms with van der Waals surface area (Å²) in [4.78, 5) is 14.9. The molecule has 1 N–H and O–H groups in total. The van der Waals surface area contributed by atoms with Gasteiger partial charge in [0.25, 0.3) is 0 Å². The van der Waals surface area contributed by atoms with Gasteiger partial charge in [-0.1, -0.05) is 13.8 Å². The van der Waals surface area contributed by atoms with Crippen molar-refractivity contribution in [1.82, 2.24) is 19.1 Å². The van der Waals surface area contributed by atoms with Crippen molar-refractivity contribution < 1.29 is 9.90 Å². The standard InChI is InChI=1S/C9H10N4O2S/c1-5(2)7-10-9(16-12-7)13-4-3-6(11-13)8(14)15/h3-5H,1-2H3,(H,14,15). The van der Waals surface area contributed by atoms with Gasteiger partial charge in [0.2, 0.25) is 5.13 Å². The van der Waals surface area contributed by atoms with Crippen LogP contribution in [0.15, 0.2) is 12.3 Å². The summed E-state index contributed by atoms with van der Waals surface area (Å²) in [6, 6.07) is 1.43. The summed E-state index contributed by atoms with van der Waals surface area (Å²) < 4.78 is 5.59. The zero-order chi connectivity index (χ0) is 11.7. The summed E-state index contributed by atoms with van der Waals surface area (Å²) in [7, 11) is 0. The van der Waals surface area contributed by atoms with E-state index in [1.54, 1.807) is 6.20 Å². The molecule has 0 atom stereocenters. The van der Waals surface area contributed by atoms with Crippen LogP contribution in [0.2, 0.25) is 0 Å². The summed E-state index contributed by atoms with van der Waals surface area (Å²) in [5.41, 5.74) is 0.00120. The lowest BCUT2D eigenvalue weighted by Crippen LogP contribution is -2.01. The lowest BCUT2D eigenvalue weighted by Gasteiger charge is -1.95. The molecule has 2 aromatic heterocycles. The first-order valence-corrected chi connectivity index (χ1v) is 5.48. The molecule has 0 saturated heterocycles. The quantitative estimate of drug-likeness (QED) is 0.877. The predicted molar refractivity (Wildman–Crippen MR) is 58.1 cm³/mol. The molecule has 2 aromatic rings. The summed E-state index contributed by atoms with van der Waals surface area (Å²) >= 11 is 1.20. The van der Waals surface area contributed by atoms with Crippen molar-refractivity contribution in [2.45, 2.75) is 19.8 Å². The second-order valence-electron chi connectivity index (χ2n) is 3.54. The van der Waals surface area contributed by atoms with Crippen molar-refractivity contribution in [2.24, 2.45) is 0 Å². The Morgan fingerprint density at radius 2 is 2.31 bits per heavy atom. The van der Waals surface area contributed by atoms with E-state index in [-0.39, 0.29) is 11.6 Å². The van der Waals surface area contributed by atoms with Crippen molar-refractivity contribution in [2.75, 3.05) is 0 Å². The van der Waals surface area contributed by atoms with Crippen LogP contribution in [0.1, 0.15) is 36.1 Å². The largest absolute Gasteiger partial charge is 0.476 e. The molecule has 16 heavy (non-hydrogen) atoms. The summed E-state index contributed by atoms with van der Waals surface area (Å²) in [5.74, 6) is -0.0563. The second kappa shape index (κ2) is 4.01. The van der Waals surface area contributed by atoms with E-state index in [0.29, 0.717) is 5.13 Å². The highest BCUT2D eigenvalue weighted by atomic mass is 32.1. The third-order valence-electron chi connectivity index (χ3n) is 1.95. The first-order chi connectivity index (χ1) is 7.58. The van der Waals surface area contributed by atoms with Crippen LogP contribution < -0.4 is 0 Å². The van der Waals surface area contributed by atoms with E-state index in [9.17, 15) is 4.79 Å². The predicted octanol–water partition coefficient (Wildman–Crippen LogP) is 1.55. The number of rotatable bonds is 3. The minimum atomic E-state index is -1.05. The van der Waals surface area contributed by atoms with E-state index in [1.807, 2.05) is 13.8 Å². The van der Waals surface area contributed by atoms with Crippen LogP contribution >= 0.6 is 11.5 Å². The molecule has 84 valence electrons. The Labute approximate surface area is 95.7 Å². The molecule has 6 nitrogen and oxygen atoms in total. The molecule has 0 amide bonds. The maximum Gasteiger partial charge on any atom is 0.356 e. The van der Waals surface area contributed by atoms with Crippen LogP contribution in [0.4, 0.5) is 0 Å². The van der Waals surface area contributed by atoms with Gasteiger partial charge in [0, 0.05) is 23.6 Å². The van der Waals surface area contributed by atoms with Crippen LogP contribution in [0.3, 0.4) is 0 Å². The highest BCUT2D eigenvalue weighted by Gasteiger charge is 2.12. The van der Waals surface area contributed by atoms with Gasteiger partial charge < -0.3 is 5.11 Å². The van der Waals surface area contributed by atoms with Crippen LogP contribution in [-0.2, 0) is 0 Å². The minimum absolute atomic E-state index is 0.00120. The van der Waals surface area contributed by atoms with Gasteiger partial charge in [-0.15, -0.1) is 0 Å². The zero-order valence-corrected chi connectivity index (χ0v) is 9.60. The number of carbonyl (C=O) groups is 1. The molecule has 2 heterocycles. The molecular formula is C9H10N4O2S. The van der Waals surface area contributed by atoms with Gasteiger partial charge in [-0.3, -0.25) is 0 Å². The van der Waals surface area contributed by atoms with Gasteiger partial charge in [-0.05, 0) is 6.07 Å². The van der Waals surface area contributed by atoms with Crippen molar-refractivity contribution in [3.05, 3.63) is 23.8 Å². The average Bonchev–Trinajstić information content (AvgIpc) is 2.86. The second-order valence-corrected chi connectivity index (χ2v) is 4.27. The average molecular weight is 238 g/mol. The molecule has 2 rings (SSSR count). The van der Waals surface area contributed by atoms with Crippen molar-refractivity contribution in [1.29, 1.82) is 0 Å². The first-order valence-electron chi connectivity index (χ1n) is 4.71. The molecular weight excluding hydrogens is 228 g/mol. The van der Waals surface area contributed by atoms with Crippen molar-refractivity contribution >= 4 is 17.5 Å². The molecule has 0 saturated carbocycles. The van der Waals surface area contributed by atoms with E-state index in [0.717, 1.165) is 5.82 Å². The van der Waals surface area contributed by atoms with Gasteiger partial charge in [0.1, 0.15) is 5.82 Å². The van der Waals surface area contributed by atoms with Crippen molar-refractivity contribution in [3.8, 4) is 5.13 Å². The maximum atomic E-state index is 10.7. The number of carboxylic acid groups (broad SMARTS) is 1. The highest BCUT2D eigenvalue weighted by molar-refractivity contribution is 7.08. The topological polar surface area (TPSA) is 80.9 Å². The highest BCUT2D eigenvalue weighted by Crippen LogP contribution is 2.16. The molecule has 0 spiro atoms. The Balaban J connectivity index is 2.31. The molecule has 0 radical (unpaired) electrons. The maximum absolute atomic E-state index is 10.7. The Bertz CT molecular complexity index is 517. The smallest absolute Gasteiger partial charge is 0.356 e. The van der Waals surface area contributed by atoms with Gasteiger partial charge in [0.15, 0.2) is 5.69 Å². The SMILES string of the molecule is CC(C)c1nsc(-n2ccc(C(=O)O)n2)n1. The molecule has 0 aliphatic heterocycles. The number of hydrogen-bond acceptors (Lipinski definition) is 5. The lowest BCUT2D eigenvalue weighted by atomic mass is 10.2. The molecule has 0 fully saturated rings. The summed E-state index contributed by atoms with van der Waals surface area (Å²) in [6.45, 7) is 4.00. The number of carboxylic acids is 1. The summed E-state index contributed by atoms with van der Waals surface area (Å²) in [6.07, 6.45) is 1.56. The van der Waals surface area contributed by atoms with Crippen LogP contribution in [-0.4, -0.2) is 30.2 Å². The van der Waals surface area contributed by atoms with E-state index < -0.39 is 5.97 Å². The molecule has 0 aromatic carbocycles. The third-order valence-corrected chi connectivity index (χ3v) is 2.67. The first kappa shape index (κ1) is 10.7. The molecule has 0 unspecified atom stereocenters. The Morgan fingerprint density at radius 1 is 1.56 bits per heavy atom. The molecule has 0 aliphatic rings. The Morgan fingerprint density at radius 3 is 2.81 bits per heavy atom. The minimum Gasteiger partial charge on any atom is -0.476 e. The number of hydrogen-bond donors (Lipinski definition) is 1. The van der Waals surface area contributed by atoms with Crippen LogP contribution in [0.25, 0.3) is 5.13 Å². The van der Waals surface area contributed by atoms with Crippen LogP contribution in [0.5, 0.6) is 0 Å². The third kappa shape index (κ3) is 1.94. The van der Waals surface area contributed by atoms with E-state index >= 15 is 0 Å². The zero-order valence-electron chi connectivity index (χ0n) is 8.78. The Hall–Kier alpha value is -1.76. The molecule has 0 aliphatic carbocycles. The molecule has 7 heteroatoms. The van der Waals surface area contributed by atoms with Crippen molar-refractivity contribution in [3.63, 3.8) is 0 Å². The normalized spacial score (nSPS) is 10.9. The summed E-state index contributed by atoms with van der Waals surface area (Å²) in [5, 5.41) is 13.2.